The maximum Gasteiger partial charge on any atom is 0.0700 e. The van der Waals surface area contributed by atoms with E-state index in [-0.39, 0.29) is 0 Å². The average molecular weight is 271 g/mol. The predicted octanol–water partition coefficient (Wildman–Crippen LogP) is 1.74. The van der Waals surface area contributed by atoms with Gasteiger partial charge in [-0.25, -0.2) is 0 Å². The Bertz CT molecular complexity index is 396. The highest BCUT2D eigenvalue weighted by atomic mass is 32.2. The highest BCUT2D eigenvalue weighted by Crippen LogP contribution is 2.18. The number of nitrogen functional groups attached to an aromatic ring is 1. The van der Waals surface area contributed by atoms with Crippen molar-refractivity contribution in [3.63, 3.8) is 0 Å². The van der Waals surface area contributed by atoms with Crippen LogP contribution in [0, 0.1) is 6.92 Å². The molecule has 0 aliphatic carbocycles. The number of hydrogen-bond donors (Lipinski definition) is 1. The van der Waals surface area contributed by atoms with Crippen LogP contribution in [0.2, 0.25) is 0 Å². The molecule has 0 fully saturated rings. The average Bonchev–Trinajstić information content (AvgIpc) is 2.33. The molecule has 0 aliphatic heterocycles. The maximum atomic E-state index is 12.0. The zero-order valence-corrected chi connectivity index (χ0v) is 11.8. The van der Waals surface area contributed by atoms with Crippen molar-refractivity contribution >= 4 is 16.5 Å². The van der Waals surface area contributed by atoms with E-state index in [4.69, 9.17) is 15.2 Å². The van der Waals surface area contributed by atoms with Crippen molar-refractivity contribution in [2.75, 3.05) is 38.4 Å². The van der Waals surface area contributed by atoms with Crippen molar-refractivity contribution in [1.29, 1.82) is 0 Å². The molecule has 0 saturated carbocycles. The van der Waals surface area contributed by atoms with Gasteiger partial charge in [-0.2, -0.15) is 0 Å². The summed E-state index contributed by atoms with van der Waals surface area (Å²) < 4.78 is 22.2. The van der Waals surface area contributed by atoms with Crippen molar-refractivity contribution in [1.82, 2.24) is 0 Å². The summed E-state index contributed by atoms with van der Waals surface area (Å²) in [6.45, 7) is 3.73. The van der Waals surface area contributed by atoms with Crippen LogP contribution < -0.4 is 5.73 Å². The first-order valence-electron chi connectivity index (χ1n) is 5.96. The predicted molar refractivity (Wildman–Crippen MR) is 74.2 cm³/mol. The Labute approximate surface area is 111 Å². The quantitative estimate of drug-likeness (QED) is 0.578. The molecule has 102 valence electrons. The molecule has 0 radical (unpaired) electrons. The smallest absolute Gasteiger partial charge is 0.0700 e. The lowest BCUT2D eigenvalue weighted by Gasteiger charge is -2.07. The van der Waals surface area contributed by atoms with Gasteiger partial charge in [0.15, 0.2) is 0 Å². The van der Waals surface area contributed by atoms with Crippen LogP contribution in [-0.2, 0) is 20.3 Å². The Kier molecular flexibility index (Phi) is 6.93. The van der Waals surface area contributed by atoms with E-state index in [0.29, 0.717) is 31.3 Å². The van der Waals surface area contributed by atoms with Crippen molar-refractivity contribution < 1.29 is 13.7 Å². The molecule has 0 aliphatic rings. The lowest BCUT2D eigenvalue weighted by molar-refractivity contribution is 0.0713. The second-order valence-corrected chi connectivity index (χ2v) is 5.59. The van der Waals surface area contributed by atoms with E-state index >= 15 is 0 Å². The van der Waals surface area contributed by atoms with Crippen LogP contribution in [0.4, 0.5) is 5.69 Å². The molecule has 1 unspecified atom stereocenters. The van der Waals surface area contributed by atoms with Gasteiger partial charge in [0.05, 0.1) is 28.9 Å². The molecule has 0 spiro atoms. The fourth-order valence-electron chi connectivity index (χ4n) is 1.52. The van der Waals surface area contributed by atoms with Gasteiger partial charge in [0.25, 0.3) is 0 Å². The molecule has 0 saturated heterocycles. The molecule has 2 N–H and O–H groups in total. The summed E-state index contributed by atoms with van der Waals surface area (Å²) in [4.78, 5) is 0.720. The van der Waals surface area contributed by atoms with Crippen LogP contribution in [0.5, 0.6) is 0 Å². The Morgan fingerprint density at radius 2 is 2.06 bits per heavy atom. The summed E-state index contributed by atoms with van der Waals surface area (Å²) in [5.41, 5.74) is 7.54. The minimum absolute atomic E-state index is 0.570. The maximum absolute atomic E-state index is 12.0. The fraction of sp³-hybridized carbons (Fsp3) is 0.538. The molecule has 0 heterocycles. The van der Waals surface area contributed by atoms with E-state index in [2.05, 4.69) is 0 Å². The summed E-state index contributed by atoms with van der Waals surface area (Å²) in [6.07, 6.45) is 0.754. The molecule has 1 aromatic rings. The summed E-state index contributed by atoms with van der Waals surface area (Å²) >= 11 is 0. The first-order chi connectivity index (χ1) is 8.65. The minimum atomic E-state index is -1.05. The van der Waals surface area contributed by atoms with Crippen LogP contribution >= 0.6 is 0 Å². The third-order valence-electron chi connectivity index (χ3n) is 2.46. The van der Waals surface area contributed by atoms with Gasteiger partial charge < -0.3 is 15.2 Å². The molecular weight excluding hydrogens is 250 g/mol. The van der Waals surface area contributed by atoms with E-state index in [0.717, 1.165) is 16.9 Å². The van der Waals surface area contributed by atoms with Gasteiger partial charge in [0.2, 0.25) is 0 Å². The van der Waals surface area contributed by atoms with Crippen molar-refractivity contribution in [3.05, 3.63) is 23.8 Å². The summed E-state index contributed by atoms with van der Waals surface area (Å²) in [5.74, 6) is 0.570. The van der Waals surface area contributed by atoms with Crippen LogP contribution in [0.25, 0.3) is 0 Å². The lowest BCUT2D eigenvalue weighted by atomic mass is 10.2. The Balaban J connectivity index is 2.32. The van der Waals surface area contributed by atoms with Crippen molar-refractivity contribution in [3.8, 4) is 0 Å². The molecule has 18 heavy (non-hydrogen) atoms. The number of aryl methyl sites for hydroxylation is 1. The standard InChI is InChI=1S/C13H21NO3S/c1-11-4-5-13(12(14)10-11)18(15)9-3-6-17-8-7-16-2/h4-5,10H,3,6-9,14H2,1-2H3. The normalized spacial score (nSPS) is 12.6. The number of rotatable bonds is 8. The molecule has 0 amide bonds. The van der Waals surface area contributed by atoms with Gasteiger partial charge >= 0.3 is 0 Å². The van der Waals surface area contributed by atoms with E-state index in [1.165, 1.54) is 0 Å². The number of ether oxygens (including phenoxy) is 2. The highest BCUT2D eigenvalue weighted by molar-refractivity contribution is 7.85. The number of benzene rings is 1. The number of hydrogen-bond acceptors (Lipinski definition) is 4. The molecular formula is C13H21NO3S. The summed E-state index contributed by atoms with van der Waals surface area (Å²) in [5, 5.41) is 0. The minimum Gasteiger partial charge on any atom is -0.398 e. The number of anilines is 1. The third-order valence-corrected chi connectivity index (χ3v) is 3.98. The molecule has 1 rings (SSSR count). The van der Waals surface area contributed by atoms with E-state index < -0.39 is 10.8 Å². The zero-order valence-electron chi connectivity index (χ0n) is 11.0. The van der Waals surface area contributed by atoms with E-state index in [9.17, 15) is 4.21 Å². The molecule has 1 aromatic carbocycles. The Morgan fingerprint density at radius 3 is 2.72 bits per heavy atom. The zero-order chi connectivity index (χ0) is 13.4. The topological polar surface area (TPSA) is 61.5 Å². The summed E-state index contributed by atoms with van der Waals surface area (Å²) in [7, 11) is 0.591. The second-order valence-electron chi connectivity index (χ2n) is 4.05. The summed E-state index contributed by atoms with van der Waals surface area (Å²) in [6, 6.07) is 5.62. The largest absolute Gasteiger partial charge is 0.398 e. The van der Waals surface area contributed by atoms with Gasteiger partial charge in [-0.1, -0.05) is 6.07 Å². The van der Waals surface area contributed by atoms with E-state index in [1.54, 1.807) is 7.11 Å². The number of methoxy groups -OCH3 is 1. The molecule has 4 nitrogen and oxygen atoms in total. The Hall–Kier alpha value is -0.910. The van der Waals surface area contributed by atoms with Gasteiger partial charge in [-0.3, -0.25) is 4.21 Å². The van der Waals surface area contributed by atoms with Crippen LogP contribution in [0.15, 0.2) is 23.1 Å². The monoisotopic (exact) mass is 271 g/mol. The lowest BCUT2D eigenvalue weighted by Crippen LogP contribution is -2.07. The molecule has 0 bridgehead atoms. The van der Waals surface area contributed by atoms with Crippen LogP contribution in [0.3, 0.4) is 0 Å². The van der Waals surface area contributed by atoms with Crippen LogP contribution in [-0.4, -0.2) is 36.9 Å². The van der Waals surface area contributed by atoms with E-state index in [1.807, 2.05) is 25.1 Å². The molecule has 0 aromatic heterocycles. The van der Waals surface area contributed by atoms with Crippen molar-refractivity contribution in [2.24, 2.45) is 0 Å². The first-order valence-corrected chi connectivity index (χ1v) is 7.28. The van der Waals surface area contributed by atoms with Gasteiger partial charge in [0, 0.05) is 25.2 Å². The van der Waals surface area contributed by atoms with Gasteiger partial charge in [-0.15, -0.1) is 0 Å². The SMILES string of the molecule is COCCOCCCS(=O)c1ccc(C)cc1N. The Morgan fingerprint density at radius 1 is 1.28 bits per heavy atom. The molecule has 5 heteroatoms. The first kappa shape index (κ1) is 15.1. The van der Waals surface area contributed by atoms with Gasteiger partial charge in [0.1, 0.15) is 0 Å². The third kappa shape index (κ3) is 5.16. The van der Waals surface area contributed by atoms with Gasteiger partial charge in [-0.05, 0) is 31.0 Å². The number of nitrogens with two attached hydrogens (primary N) is 1. The van der Waals surface area contributed by atoms with Crippen molar-refractivity contribution in [2.45, 2.75) is 18.2 Å². The molecule has 1 atom stereocenters. The van der Waals surface area contributed by atoms with Crippen LogP contribution in [0.1, 0.15) is 12.0 Å². The fourth-order valence-corrected chi connectivity index (χ4v) is 2.66. The second kappa shape index (κ2) is 8.24. The highest BCUT2D eigenvalue weighted by Gasteiger charge is 2.07.